The number of benzene rings is 2. The maximum absolute atomic E-state index is 13.7. The molecule has 3 fully saturated rings. The summed E-state index contributed by atoms with van der Waals surface area (Å²) in [4.78, 5) is 42.0. The van der Waals surface area contributed by atoms with Crippen molar-refractivity contribution in [2.24, 2.45) is 11.8 Å². The summed E-state index contributed by atoms with van der Waals surface area (Å²) in [5.74, 6) is -2.66. The molecule has 6 atom stereocenters. The van der Waals surface area contributed by atoms with E-state index in [4.69, 9.17) is 4.74 Å². The highest BCUT2D eigenvalue weighted by Crippen LogP contribution is 2.59. The van der Waals surface area contributed by atoms with E-state index in [0.29, 0.717) is 18.5 Å². The Kier molecular flexibility index (Phi) is 6.40. The number of likely N-dealkylation sites (tertiary alicyclic amines) is 1. The Bertz CT molecular complexity index is 1380. The summed E-state index contributed by atoms with van der Waals surface area (Å²) >= 11 is 3.65. The fourth-order valence-corrected chi connectivity index (χ4v) is 7.21. The molecule has 198 valence electrons. The Morgan fingerprint density at radius 1 is 1.11 bits per heavy atom. The first-order chi connectivity index (χ1) is 18.4. The number of halogens is 1. The molecule has 11 nitrogen and oxygen atoms in total. The van der Waals surface area contributed by atoms with Crippen molar-refractivity contribution in [1.29, 1.82) is 0 Å². The first-order valence-electron chi connectivity index (χ1n) is 12.6. The second kappa shape index (κ2) is 9.75. The average Bonchev–Trinajstić information content (AvgIpc) is 3.64. The highest BCUT2D eigenvalue weighted by molar-refractivity contribution is 9.09. The lowest BCUT2D eigenvalue weighted by atomic mass is 9.70. The molecule has 3 unspecified atom stereocenters. The number of alkyl halides is 1. The largest absolute Gasteiger partial charge is 0.395 e. The van der Waals surface area contributed by atoms with Crippen molar-refractivity contribution in [2.45, 2.75) is 42.2 Å². The number of fused-ring (bicyclic) bond motifs is 2. The van der Waals surface area contributed by atoms with Gasteiger partial charge in [-0.05, 0) is 24.1 Å². The monoisotopic (exact) mass is 582 g/mol. The number of β-amino-alcohol motifs (C(OH)–C–C–N with tert-alkyl or cyclic N) is 1. The van der Waals surface area contributed by atoms with E-state index in [1.165, 1.54) is 4.90 Å². The van der Waals surface area contributed by atoms with Crippen molar-refractivity contribution in [2.75, 3.05) is 13.2 Å². The van der Waals surface area contributed by atoms with Crippen LogP contribution in [0.25, 0.3) is 11.0 Å². The van der Waals surface area contributed by atoms with Crippen LogP contribution in [-0.2, 0) is 32.3 Å². The van der Waals surface area contributed by atoms with Crippen LogP contribution in [-0.4, -0.2) is 78.4 Å². The zero-order valence-electron chi connectivity index (χ0n) is 20.4. The Morgan fingerprint density at radius 3 is 2.66 bits per heavy atom. The summed E-state index contributed by atoms with van der Waals surface area (Å²) in [5.41, 5.74) is 1.21. The number of nitrogens with one attached hydrogen (secondary N) is 2. The number of ether oxygens (including phenoxy) is 1. The summed E-state index contributed by atoms with van der Waals surface area (Å²) in [6.45, 7) is -0.00136. The summed E-state index contributed by atoms with van der Waals surface area (Å²) in [5, 5.41) is 23.8. The standard InChI is InChI=1S/C26H27BrN6O5/c27-16-12-26-20(19(21(16)38-26)23(35)28-13-15-6-2-1-3-7-15)25(37)32(10-11-34)22(26)24(36)29-14-33-18-9-5-4-8-17(18)30-31-33/h1-9,16,19-22,34H,10-14H2,(H,28,35)(H,29,36)/t16?,19-,20+,21-,22?,26?/m1/s1. The Balaban J connectivity index is 1.25. The van der Waals surface area contributed by atoms with Gasteiger partial charge in [-0.25, -0.2) is 4.68 Å². The minimum atomic E-state index is -1.19. The number of para-hydroxylation sites is 1. The normalized spacial score (nSPS) is 29.6. The van der Waals surface area contributed by atoms with Gasteiger partial charge in [0.15, 0.2) is 0 Å². The number of aromatic nitrogens is 3. The molecule has 2 bridgehead atoms. The third-order valence-electron chi connectivity index (χ3n) is 7.81. The molecule has 3 aliphatic rings. The average molecular weight is 583 g/mol. The quantitative estimate of drug-likeness (QED) is 0.330. The molecular weight excluding hydrogens is 556 g/mol. The lowest BCUT2D eigenvalue weighted by Gasteiger charge is -2.33. The SMILES string of the molecule is O=C(NCn1nnc2ccccc21)C1N(CCO)C(=O)[C@@H]2[C@@H](C(=O)NCc3ccccc3)[C@@H]3OC12CC3Br. The molecule has 0 aliphatic carbocycles. The van der Waals surface area contributed by atoms with E-state index in [2.05, 4.69) is 36.9 Å². The van der Waals surface area contributed by atoms with Crippen LogP contribution in [0.3, 0.4) is 0 Å². The van der Waals surface area contributed by atoms with Gasteiger partial charge in [0, 0.05) is 17.9 Å². The molecule has 6 rings (SSSR count). The Labute approximate surface area is 226 Å². The molecule has 3 aliphatic heterocycles. The van der Waals surface area contributed by atoms with Gasteiger partial charge >= 0.3 is 0 Å². The van der Waals surface area contributed by atoms with Gasteiger partial charge in [-0.15, -0.1) is 5.10 Å². The minimum Gasteiger partial charge on any atom is -0.395 e. The van der Waals surface area contributed by atoms with Crippen molar-refractivity contribution < 1.29 is 24.2 Å². The summed E-state index contributed by atoms with van der Waals surface area (Å²) < 4.78 is 7.99. The number of hydrogen-bond donors (Lipinski definition) is 3. The van der Waals surface area contributed by atoms with Gasteiger partial charge in [0.05, 0.1) is 30.1 Å². The fourth-order valence-electron chi connectivity index (χ4n) is 6.26. The molecule has 3 amide bonds. The van der Waals surface area contributed by atoms with Gasteiger partial charge in [0.1, 0.15) is 23.8 Å². The molecular formula is C26H27BrN6O5. The van der Waals surface area contributed by atoms with E-state index in [9.17, 15) is 19.5 Å². The number of aliphatic hydroxyl groups is 1. The van der Waals surface area contributed by atoms with E-state index in [1.54, 1.807) is 4.68 Å². The molecule has 3 aromatic rings. The topological polar surface area (TPSA) is 139 Å². The van der Waals surface area contributed by atoms with E-state index < -0.39 is 35.5 Å². The zero-order valence-corrected chi connectivity index (χ0v) is 22.0. The Hall–Kier alpha value is -3.35. The van der Waals surface area contributed by atoms with Gasteiger partial charge < -0.3 is 25.4 Å². The number of amides is 3. The van der Waals surface area contributed by atoms with E-state index >= 15 is 0 Å². The predicted molar refractivity (Wildman–Crippen MR) is 138 cm³/mol. The number of nitrogens with zero attached hydrogens (tertiary/aromatic N) is 4. The Morgan fingerprint density at radius 2 is 1.87 bits per heavy atom. The van der Waals surface area contributed by atoms with Gasteiger partial charge in [0.2, 0.25) is 17.7 Å². The third kappa shape index (κ3) is 3.89. The third-order valence-corrected chi connectivity index (χ3v) is 8.66. The number of rotatable bonds is 8. The summed E-state index contributed by atoms with van der Waals surface area (Å²) in [7, 11) is 0. The predicted octanol–water partition coefficient (Wildman–Crippen LogP) is 0.562. The molecule has 0 radical (unpaired) electrons. The van der Waals surface area contributed by atoms with Gasteiger partial charge in [-0.1, -0.05) is 63.6 Å². The van der Waals surface area contributed by atoms with Crippen LogP contribution in [0, 0.1) is 11.8 Å². The first-order valence-corrected chi connectivity index (χ1v) is 13.5. The second-order valence-electron chi connectivity index (χ2n) is 9.90. The van der Waals surface area contributed by atoms with Gasteiger partial charge in [-0.3, -0.25) is 14.4 Å². The summed E-state index contributed by atoms with van der Waals surface area (Å²) in [6, 6.07) is 15.9. The van der Waals surface area contributed by atoms with Crippen LogP contribution in [0.4, 0.5) is 0 Å². The number of aliphatic hydroxyl groups excluding tert-OH is 1. The highest BCUT2D eigenvalue weighted by Gasteiger charge is 2.76. The molecule has 2 aromatic carbocycles. The van der Waals surface area contributed by atoms with Crippen molar-refractivity contribution in [3.05, 3.63) is 60.2 Å². The minimum absolute atomic E-state index is 0.0409. The zero-order chi connectivity index (χ0) is 26.4. The maximum Gasteiger partial charge on any atom is 0.247 e. The molecule has 12 heteroatoms. The van der Waals surface area contributed by atoms with Gasteiger partial charge in [0.25, 0.3) is 0 Å². The molecule has 4 heterocycles. The molecule has 1 aromatic heterocycles. The van der Waals surface area contributed by atoms with Crippen LogP contribution in [0.5, 0.6) is 0 Å². The molecule has 3 N–H and O–H groups in total. The fraction of sp³-hybridized carbons (Fsp3) is 0.423. The molecule has 38 heavy (non-hydrogen) atoms. The van der Waals surface area contributed by atoms with Crippen molar-refractivity contribution >= 4 is 44.7 Å². The lowest BCUT2D eigenvalue weighted by molar-refractivity contribution is -0.142. The van der Waals surface area contributed by atoms with Crippen molar-refractivity contribution in [3.63, 3.8) is 0 Å². The molecule has 1 spiro atoms. The highest BCUT2D eigenvalue weighted by atomic mass is 79.9. The summed E-state index contributed by atoms with van der Waals surface area (Å²) in [6.07, 6.45) is -0.159. The van der Waals surface area contributed by atoms with Crippen molar-refractivity contribution in [3.8, 4) is 0 Å². The van der Waals surface area contributed by atoms with E-state index in [-0.39, 0.29) is 36.5 Å². The van der Waals surface area contributed by atoms with E-state index in [1.807, 2.05) is 54.6 Å². The van der Waals surface area contributed by atoms with Crippen LogP contribution < -0.4 is 10.6 Å². The number of hydrogen-bond acceptors (Lipinski definition) is 7. The smallest absolute Gasteiger partial charge is 0.247 e. The number of carbonyl (C=O) groups excluding carboxylic acids is 3. The maximum atomic E-state index is 13.7. The molecule has 0 saturated carbocycles. The second-order valence-corrected chi connectivity index (χ2v) is 11.1. The number of carbonyl (C=O) groups is 3. The molecule has 3 saturated heterocycles. The lowest BCUT2D eigenvalue weighted by Crippen LogP contribution is -2.56. The first kappa shape index (κ1) is 25.0. The van der Waals surface area contributed by atoms with Gasteiger partial charge in [-0.2, -0.15) is 0 Å². The van der Waals surface area contributed by atoms with Crippen LogP contribution in [0.2, 0.25) is 0 Å². The van der Waals surface area contributed by atoms with E-state index in [0.717, 1.165) is 11.1 Å². The van der Waals surface area contributed by atoms with Crippen molar-refractivity contribution in [1.82, 2.24) is 30.5 Å². The van der Waals surface area contributed by atoms with Crippen LogP contribution >= 0.6 is 15.9 Å². The van der Waals surface area contributed by atoms with Crippen LogP contribution in [0.1, 0.15) is 12.0 Å². The van der Waals surface area contributed by atoms with Crippen LogP contribution in [0.15, 0.2) is 54.6 Å².